The predicted octanol–water partition coefficient (Wildman–Crippen LogP) is 1.52. The monoisotopic (exact) mass is 655 g/mol. The van der Waals surface area contributed by atoms with Crippen molar-refractivity contribution in [3.63, 3.8) is 0 Å². The van der Waals surface area contributed by atoms with E-state index in [9.17, 15) is 24.0 Å². The maximum Gasteiger partial charge on any atom is 0.407 e. The van der Waals surface area contributed by atoms with Crippen LogP contribution in [0, 0.1) is 5.41 Å². The van der Waals surface area contributed by atoms with Crippen LogP contribution in [0.5, 0.6) is 0 Å². The number of alkyl carbamates (subject to hydrolysis) is 1. The summed E-state index contributed by atoms with van der Waals surface area (Å²) < 4.78 is 19.2. The normalized spacial score (nSPS) is 20.0. The van der Waals surface area contributed by atoms with E-state index in [1.165, 1.54) is 16.7 Å². The van der Waals surface area contributed by atoms with Crippen LogP contribution in [0.4, 0.5) is 9.93 Å². The van der Waals surface area contributed by atoms with Crippen molar-refractivity contribution < 1.29 is 43.0 Å². The maximum atomic E-state index is 13.3. The van der Waals surface area contributed by atoms with E-state index < -0.39 is 59.1 Å². The Morgan fingerprint density at radius 3 is 2.45 bits per heavy atom. The highest BCUT2D eigenvalue weighted by molar-refractivity contribution is 8.00. The summed E-state index contributed by atoms with van der Waals surface area (Å²) in [7, 11) is 0. The Balaban J connectivity index is 1.60. The molecule has 3 rings (SSSR count). The highest BCUT2D eigenvalue weighted by Gasteiger charge is 2.54. The number of nitrogens with two attached hydrogens (primary N) is 1. The van der Waals surface area contributed by atoms with Gasteiger partial charge in [0.15, 0.2) is 5.13 Å². The van der Waals surface area contributed by atoms with E-state index in [0.717, 1.165) is 11.5 Å². The largest absolute Gasteiger partial charge is 0.444 e. The first-order valence-electron chi connectivity index (χ1n) is 13.6. The van der Waals surface area contributed by atoms with Crippen molar-refractivity contribution >= 4 is 64.0 Å². The predicted molar refractivity (Wildman–Crippen MR) is 160 cm³/mol. The molecule has 2 unspecified atom stereocenters. The summed E-state index contributed by atoms with van der Waals surface area (Å²) in [5.41, 5.74) is 3.94. The molecule has 0 spiro atoms. The van der Waals surface area contributed by atoms with Gasteiger partial charge in [-0.05, 0) is 54.5 Å². The van der Waals surface area contributed by atoms with Gasteiger partial charge in [-0.3, -0.25) is 19.3 Å². The van der Waals surface area contributed by atoms with Gasteiger partial charge < -0.3 is 35.4 Å². The summed E-state index contributed by atoms with van der Waals surface area (Å²) in [4.78, 5) is 73.3. The van der Waals surface area contributed by atoms with Gasteiger partial charge in [0.1, 0.15) is 29.3 Å². The van der Waals surface area contributed by atoms with Crippen LogP contribution in [0.3, 0.4) is 0 Å². The molecule has 4 N–H and O–H groups in total. The molecule has 0 radical (unpaired) electrons. The number of anilines is 1. The molecule has 1 aromatic heterocycles. The second-order valence-corrected chi connectivity index (χ2v) is 14.0. The number of aromatic nitrogens is 2. The lowest BCUT2D eigenvalue weighted by atomic mass is 9.98. The molecule has 0 bridgehead atoms. The minimum absolute atomic E-state index is 0.0188. The Hall–Kier alpha value is -3.93. The lowest BCUT2D eigenvalue weighted by Crippen LogP contribution is -2.71. The first-order valence-corrected chi connectivity index (χ1v) is 15.3. The number of rotatable bonds is 11. The molecule has 0 aliphatic carbocycles. The highest BCUT2D eigenvalue weighted by Crippen LogP contribution is 2.41. The zero-order valence-corrected chi connectivity index (χ0v) is 27.1. The number of fused-ring (bicyclic) bond motifs is 1. The standard InChI is InChI=1S/C26H37N7O9S2/c1-13-11-14(21(36)39-12-40-22(37)25(2,3)4)33-19(35)16(20(33)43-13)29-18(34)15(17-30-23(27)44-32-17)31-41-10-8-9-28-24(38)42-26(5,6)7/h11,13,16,20H,8-10,12H2,1-7H3,(H,28,38)(H,29,34)(H2,27,30,32)/t13?,16?,20-/m0/s1. The lowest BCUT2D eigenvalue weighted by molar-refractivity contribution is -0.173. The number of nitrogen functional groups attached to an aromatic ring is 1. The summed E-state index contributed by atoms with van der Waals surface area (Å²) in [5.74, 6) is -2.85. The lowest BCUT2D eigenvalue weighted by Gasteiger charge is -2.49. The van der Waals surface area contributed by atoms with Crippen LogP contribution in [0.15, 0.2) is 16.9 Å². The number of oxime groups is 1. The third kappa shape index (κ3) is 9.28. The Morgan fingerprint density at radius 2 is 1.84 bits per heavy atom. The second kappa shape index (κ2) is 14.2. The van der Waals surface area contributed by atoms with Crippen molar-refractivity contribution in [1.29, 1.82) is 0 Å². The Morgan fingerprint density at radius 1 is 1.14 bits per heavy atom. The zero-order valence-electron chi connectivity index (χ0n) is 25.5. The molecule has 2 aliphatic rings. The molecule has 2 aliphatic heterocycles. The number of esters is 2. The van der Waals surface area contributed by atoms with E-state index in [4.69, 9.17) is 24.8 Å². The summed E-state index contributed by atoms with van der Waals surface area (Å²) in [6, 6.07) is -1.01. The number of nitrogens with one attached hydrogen (secondary N) is 2. The van der Waals surface area contributed by atoms with Crippen LogP contribution >= 0.6 is 23.3 Å². The molecule has 18 heteroatoms. The fourth-order valence-corrected chi connectivity index (χ4v) is 5.39. The van der Waals surface area contributed by atoms with Crippen LogP contribution in [0.1, 0.15) is 60.7 Å². The van der Waals surface area contributed by atoms with E-state index >= 15 is 0 Å². The van der Waals surface area contributed by atoms with Crippen molar-refractivity contribution in [2.45, 2.75) is 77.2 Å². The summed E-state index contributed by atoms with van der Waals surface area (Å²) >= 11 is 2.19. The highest BCUT2D eigenvalue weighted by atomic mass is 32.2. The topological polar surface area (TPSA) is 214 Å². The molecule has 1 saturated heterocycles. The Kier molecular flexibility index (Phi) is 11.2. The number of thioether (sulfide) groups is 1. The molecule has 0 saturated carbocycles. The van der Waals surface area contributed by atoms with Crippen LogP contribution in [-0.4, -0.2) is 92.0 Å². The zero-order chi connectivity index (χ0) is 32.8. The average Bonchev–Trinajstić information content (AvgIpc) is 3.34. The molecule has 3 amide bonds. The molecule has 0 aromatic carbocycles. The van der Waals surface area contributed by atoms with E-state index in [1.54, 1.807) is 47.6 Å². The van der Waals surface area contributed by atoms with Crippen LogP contribution in [-0.2, 0) is 38.2 Å². The Labute approximate surface area is 262 Å². The number of carbonyl (C=O) groups is 5. The van der Waals surface area contributed by atoms with Gasteiger partial charge in [0.05, 0.1) is 5.41 Å². The third-order valence-corrected chi connectivity index (χ3v) is 7.51. The number of hydrogen-bond donors (Lipinski definition) is 3. The van der Waals surface area contributed by atoms with Crippen LogP contribution in [0.25, 0.3) is 0 Å². The van der Waals surface area contributed by atoms with Crippen LogP contribution in [0.2, 0.25) is 0 Å². The van der Waals surface area contributed by atoms with Crippen molar-refractivity contribution in [1.82, 2.24) is 24.9 Å². The summed E-state index contributed by atoms with van der Waals surface area (Å²) in [6.07, 6.45) is 1.33. The first-order chi connectivity index (χ1) is 20.5. The van der Waals surface area contributed by atoms with Crippen molar-refractivity contribution in [3.8, 4) is 0 Å². The van der Waals surface area contributed by atoms with Gasteiger partial charge in [0, 0.05) is 29.7 Å². The number of nitrogens with zero attached hydrogens (tertiary/aromatic N) is 4. The molecule has 16 nitrogen and oxygen atoms in total. The molecule has 1 aromatic rings. The molecule has 242 valence electrons. The quantitative estimate of drug-likeness (QED) is 0.0771. The second-order valence-electron chi connectivity index (χ2n) is 11.7. The van der Waals surface area contributed by atoms with Gasteiger partial charge in [-0.2, -0.15) is 9.36 Å². The molecule has 3 heterocycles. The summed E-state index contributed by atoms with van der Waals surface area (Å²) in [6.45, 7) is 11.7. The number of carbonyl (C=O) groups excluding carboxylic acids is 5. The van der Waals surface area contributed by atoms with Crippen molar-refractivity contribution in [3.05, 3.63) is 17.6 Å². The number of hydrogen-bond acceptors (Lipinski definition) is 15. The summed E-state index contributed by atoms with van der Waals surface area (Å²) in [5, 5.41) is 8.32. The van der Waals surface area contributed by atoms with E-state index in [2.05, 4.69) is 25.1 Å². The smallest absolute Gasteiger partial charge is 0.407 e. The Bertz CT molecular complexity index is 1330. The first kappa shape index (κ1) is 34.6. The molecule has 3 atom stereocenters. The fourth-order valence-electron chi connectivity index (χ4n) is 3.62. The van der Waals surface area contributed by atoms with Gasteiger partial charge >= 0.3 is 18.0 Å². The van der Waals surface area contributed by atoms with Crippen molar-refractivity contribution in [2.75, 3.05) is 25.7 Å². The number of amides is 3. The van der Waals surface area contributed by atoms with E-state index in [1.807, 2.05) is 6.92 Å². The minimum atomic E-state index is -1.01. The molecule has 1 fully saturated rings. The SMILES string of the molecule is CC1C=C(C(=O)OCOC(=O)C(C)(C)C)N2C(=O)C(NC(=O)C(=NOCCCNC(=O)OC(C)(C)C)c3nsc(N)n3)[C@@H]2S1. The van der Waals surface area contributed by atoms with E-state index in [0.29, 0.717) is 6.42 Å². The molecular formula is C26H37N7O9S2. The third-order valence-electron chi connectivity index (χ3n) is 5.64. The average molecular weight is 656 g/mol. The maximum absolute atomic E-state index is 13.3. The fraction of sp³-hybridized carbons (Fsp3) is 0.615. The van der Waals surface area contributed by atoms with Gasteiger partial charge in [-0.15, -0.1) is 11.8 Å². The van der Waals surface area contributed by atoms with Gasteiger partial charge in [0.25, 0.3) is 11.8 Å². The minimum Gasteiger partial charge on any atom is -0.444 e. The van der Waals surface area contributed by atoms with Gasteiger partial charge in [-0.1, -0.05) is 5.16 Å². The van der Waals surface area contributed by atoms with Gasteiger partial charge in [0.2, 0.25) is 18.3 Å². The number of ether oxygens (including phenoxy) is 3. The molecular weight excluding hydrogens is 618 g/mol. The van der Waals surface area contributed by atoms with E-state index in [-0.39, 0.29) is 40.8 Å². The number of β-lactam (4-membered cyclic amide) rings is 1. The van der Waals surface area contributed by atoms with Gasteiger partial charge in [-0.25, -0.2) is 9.59 Å². The van der Waals surface area contributed by atoms with Crippen molar-refractivity contribution in [2.24, 2.45) is 10.6 Å². The van der Waals surface area contributed by atoms with Crippen LogP contribution < -0.4 is 16.4 Å². The molecule has 44 heavy (non-hydrogen) atoms.